The molecule has 0 aliphatic heterocycles. The molecular formula is C25H34FN3O5S. The molecule has 0 radical (unpaired) electrons. The van der Waals surface area contributed by atoms with Crippen LogP contribution in [0.15, 0.2) is 48.5 Å². The number of methoxy groups -OCH3 is 1. The van der Waals surface area contributed by atoms with Gasteiger partial charge in [-0.25, -0.2) is 12.8 Å². The first-order valence-electron chi connectivity index (χ1n) is 11.5. The number of hydrogen-bond donors (Lipinski definition) is 1. The van der Waals surface area contributed by atoms with Crippen LogP contribution in [-0.4, -0.2) is 57.6 Å². The molecule has 0 aromatic heterocycles. The molecule has 1 atom stereocenters. The number of anilines is 1. The standard InChI is InChI=1S/C25H34FN3O5S/c1-5-23(25(31)27-6-2)28(18-19-9-7-10-22(17-19)34-3)24(30)11-8-16-29(35(4,32)33)21-14-12-20(26)13-15-21/h7,9-10,12-15,17,23H,5-6,8,11,16,18H2,1-4H3,(H,27,31)/t23-/m0/s1. The lowest BCUT2D eigenvalue weighted by atomic mass is 10.1. The summed E-state index contributed by atoms with van der Waals surface area (Å²) in [5.41, 5.74) is 1.13. The van der Waals surface area contributed by atoms with Gasteiger partial charge in [0.2, 0.25) is 21.8 Å². The van der Waals surface area contributed by atoms with E-state index < -0.39 is 21.9 Å². The molecule has 0 fully saturated rings. The molecule has 0 aliphatic carbocycles. The van der Waals surface area contributed by atoms with Crippen molar-refractivity contribution in [2.75, 3.05) is 30.8 Å². The fraction of sp³-hybridized carbons (Fsp3) is 0.440. The van der Waals surface area contributed by atoms with E-state index in [4.69, 9.17) is 4.74 Å². The normalized spacial score (nSPS) is 12.0. The summed E-state index contributed by atoms with van der Waals surface area (Å²) in [6.45, 7) is 4.35. The van der Waals surface area contributed by atoms with Crippen molar-refractivity contribution in [3.8, 4) is 5.75 Å². The van der Waals surface area contributed by atoms with Crippen LogP contribution in [0.2, 0.25) is 0 Å². The van der Waals surface area contributed by atoms with Gasteiger partial charge in [-0.05, 0) is 61.7 Å². The number of benzene rings is 2. The molecule has 0 heterocycles. The smallest absolute Gasteiger partial charge is 0.242 e. The quantitative estimate of drug-likeness (QED) is 0.449. The second kappa shape index (κ2) is 13.1. The van der Waals surface area contributed by atoms with Crippen LogP contribution < -0.4 is 14.4 Å². The zero-order valence-corrected chi connectivity index (χ0v) is 21.5. The average Bonchev–Trinajstić information content (AvgIpc) is 2.82. The van der Waals surface area contributed by atoms with Gasteiger partial charge in [-0.3, -0.25) is 13.9 Å². The van der Waals surface area contributed by atoms with Crippen LogP contribution >= 0.6 is 0 Å². The van der Waals surface area contributed by atoms with Crippen LogP contribution in [0.3, 0.4) is 0 Å². The number of likely N-dealkylation sites (N-methyl/N-ethyl adjacent to an activating group) is 1. The van der Waals surface area contributed by atoms with Crippen LogP contribution in [-0.2, 0) is 26.2 Å². The number of amides is 2. The van der Waals surface area contributed by atoms with E-state index in [9.17, 15) is 22.4 Å². The molecule has 10 heteroatoms. The highest BCUT2D eigenvalue weighted by Crippen LogP contribution is 2.21. The predicted octanol–water partition coefficient (Wildman–Crippen LogP) is 3.32. The minimum absolute atomic E-state index is 0.0348. The van der Waals surface area contributed by atoms with Crippen molar-refractivity contribution in [2.24, 2.45) is 0 Å². The topological polar surface area (TPSA) is 96.0 Å². The lowest BCUT2D eigenvalue weighted by Gasteiger charge is -2.31. The Hall–Kier alpha value is -3.14. The van der Waals surface area contributed by atoms with Gasteiger partial charge in [0.25, 0.3) is 0 Å². The Morgan fingerprint density at radius 1 is 1.11 bits per heavy atom. The molecule has 2 aromatic carbocycles. The van der Waals surface area contributed by atoms with Crippen molar-refractivity contribution in [1.82, 2.24) is 10.2 Å². The van der Waals surface area contributed by atoms with Gasteiger partial charge in [-0.2, -0.15) is 0 Å². The summed E-state index contributed by atoms with van der Waals surface area (Å²) < 4.78 is 44.3. The van der Waals surface area contributed by atoms with Crippen LogP contribution in [0.4, 0.5) is 10.1 Å². The number of sulfonamides is 1. The molecule has 0 bridgehead atoms. The Labute approximate surface area is 207 Å². The minimum atomic E-state index is -3.64. The number of ether oxygens (including phenoxy) is 1. The lowest BCUT2D eigenvalue weighted by Crippen LogP contribution is -2.49. The Morgan fingerprint density at radius 2 is 1.80 bits per heavy atom. The summed E-state index contributed by atoms with van der Waals surface area (Å²) in [5, 5.41) is 2.78. The summed E-state index contributed by atoms with van der Waals surface area (Å²) in [7, 11) is -2.08. The maximum atomic E-state index is 13.3. The number of nitrogens with one attached hydrogen (secondary N) is 1. The van der Waals surface area contributed by atoms with Gasteiger partial charge in [-0.1, -0.05) is 19.1 Å². The summed E-state index contributed by atoms with van der Waals surface area (Å²) >= 11 is 0. The van der Waals surface area contributed by atoms with Gasteiger partial charge in [-0.15, -0.1) is 0 Å². The van der Waals surface area contributed by atoms with Crippen molar-refractivity contribution in [3.05, 3.63) is 59.9 Å². The largest absolute Gasteiger partial charge is 0.497 e. The maximum Gasteiger partial charge on any atom is 0.242 e. The van der Waals surface area contributed by atoms with Gasteiger partial charge in [0, 0.05) is 26.1 Å². The highest BCUT2D eigenvalue weighted by molar-refractivity contribution is 7.92. The summed E-state index contributed by atoms with van der Waals surface area (Å²) in [5.74, 6) is -0.334. The zero-order valence-electron chi connectivity index (χ0n) is 20.7. The SMILES string of the molecule is CCNC(=O)[C@H](CC)N(Cc1cccc(OC)c1)C(=O)CCCN(c1ccc(F)cc1)S(C)(=O)=O. The molecule has 1 N–H and O–H groups in total. The van der Waals surface area contributed by atoms with Crippen molar-refractivity contribution >= 4 is 27.5 Å². The fourth-order valence-electron chi connectivity index (χ4n) is 3.79. The van der Waals surface area contributed by atoms with Crippen molar-refractivity contribution in [2.45, 2.75) is 45.7 Å². The third-order valence-electron chi connectivity index (χ3n) is 5.49. The van der Waals surface area contributed by atoms with Crippen molar-refractivity contribution < 1.29 is 27.1 Å². The third-order valence-corrected chi connectivity index (χ3v) is 6.68. The van der Waals surface area contributed by atoms with E-state index in [1.165, 1.54) is 29.2 Å². The van der Waals surface area contributed by atoms with Crippen LogP contribution in [0.5, 0.6) is 5.75 Å². The molecule has 0 saturated heterocycles. The number of nitrogens with zero attached hydrogens (tertiary/aromatic N) is 2. The van der Waals surface area contributed by atoms with Crippen LogP contribution in [0.25, 0.3) is 0 Å². The van der Waals surface area contributed by atoms with Crippen LogP contribution in [0.1, 0.15) is 38.7 Å². The molecule has 2 rings (SSSR count). The van der Waals surface area contributed by atoms with Crippen LogP contribution in [0, 0.1) is 5.82 Å². The van der Waals surface area contributed by atoms with Crippen molar-refractivity contribution in [3.63, 3.8) is 0 Å². The molecule has 0 saturated carbocycles. The minimum Gasteiger partial charge on any atom is -0.497 e. The fourth-order valence-corrected chi connectivity index (χ4v) is 4.76. The molecule has 2 amide bonds. The number of hydrogen-bond acceptors (Lipinski definition) is 5. The average molecular weight is 508 g/mol. The maximum absolute atomic E-state index is 13.3. The first kappa shape index (κ1) is 28.1. The van der Waals surface area contributed by atoms with Gasteiger partial charge in [0.05, 0.1) is 19.1 Å². The number of rotatable bonds is 13. The van der Waals surface area contributed by atoms with Gasteiger partial charge < -0.3 is 15.0 Å². The molecule has 0 aliphatic rings. The third kappa shape index (κ3) is 8.24. The molecule has 0 spiro atoms. The molecule has 2 aromatic rings. The van der Waals surface area contributed by atoms with Crippen molar-refractivity contribution in [1.29, 1.82) is 0 Å². The molecule has 192 valence electrons. The van der Waals surface area contributed by atoms with E-state index >= 15 is 0 Å². The molecular weight excluding hydrogens is 473 g/mol. The zero-order chi connectivity index (χ0) is 26.0. The highest BCUT2D eigenvalue weighted by atomic mass is 32.2. The lowest BCUT2D eigenvalue weighted by molar-refractivity contribution is -0.141. The Morgan fingerprint density at radius 3 is 2.37 bits per heavy atom. The Bertz CT molecular complexity index is 1090. The number of carbonyl (C=O) groups excluding carboxylic acids is 2. The molecule has 0 unspecified atom stereocenters. The van der Waals surface area contributed by atoms with E-state index in [-0.39, 0.29) is 37.7 Å². The Balaban J connectivity index is 2.21. The van der Waals surface area contributed by atoms with Gasteiger partial charge in [0.1, 0.15) is 17.6 Å². The highest BCUT2D eigenvalue weighted by Gasteiger charge is 2.28. The van der Waals surface area contributed by atoms with Gasteiger partial charge in [0.15, 0.2) is 0 Å². The molecule has 8 nitrogen and oxygen atoms in total. The first-order valence-corrected chi connectivity index (χ1v) is 13.4. The summed E-state index contributed by atoms with van der Waals surface area (Å²) in [6.07, 6.45) is 1.75. The second-order valence-electron chi connectivity index (χ2n) is 8.11. The summed E-state index contributed by atoms with van der Waals surface area (Å²) in [6, 6.07) is 11.8. The monoisotopic (exact) mass is 507 g/mol. The predicted molar refractivity (Wildman–Crippen MR) is 134 cm³/mol. The van der Waals surface area contributed by atoms with Gasteiger partial charge >= 0.3 is 0 Å². The van der Waals surface area contributed by atoms with E-state index in [0.717, 1.165) is 16.1 Å². The first-order chi connectivity index (χ1) is 16.6. The molecule has 35 heavy (non-hydrogen) atoms. The second-order valence-corrected chi connectivity index (χ2v) is 10.0. The summed E-state index contributed by atoms with van der Waals surface area (Å²) in [4.78, 5) is 27.6. The Kier molecular flexibility index (Phi) is 10.5. The van der Waals surface area contributed by atoms with E-state index in [0.29, 0.717) is 24.4 Å². The van der Waals surface area contributed by atoms with E-state index in [2.05, 4.69) is 5.32 Å². The van der Waals surface area contributed by atoms with E-state index in [1.807, 2.05) is 32.0 Å². The number of carbonyl (C=O) groups is 2. The number of halogens is 1. The van der Waals surface area contributed by atoms with E-state index in [1.54, 1.807) is 13.2 Å².